The van der Waals surface area contributed by atoms with Crippen molar-refractivity contribution in [2.45, 2.75) is 25.6 Å². The van der Waals surface area contributed by atoms with Crippen molar-refractivity contribution in [1.29, 1.82) is 0 Å². The quantitative estimate of drug-likeness (QED) is 0.800. The van der Waals surface area contributed by atoms with Crippen LogP contribution in [0.4, 0.5) is 0 Å². The molecule has 1 heterocycles. The smallest absolute Gasteiger partial charge is 0.323 e. The van der Waals surface area contributed by atoms with Gasteiger partial charge in [-0.15, -0.1) is 0 Å². The van der Waals surface area contributed by atoms with E-state index in [2.05, 4.69) is 4.98 Å². The summed E-state index contributed by atoms with van der Waals surface area (Å²) in [7, 11) is 0. The zero-order chi connectivity index (χ0) is 16.8. The molecular weight excluding hydrogens is 314 g/mol. The Morgan fingerprint density at radius 2 is 2.09 bits per heavy atom. The summed E-state index contributed by atoms with van der Waals surface area (Å²) >= 11 is 1.64. The first kappa shape index (κ1) is 17.3. The highest BCUT2D eigenvalue weighted by Crippen LogP contribution is 2.19. The van der Waals surface area contributed by atoms with E-state index < -0.39 is 5.97 Å². The van der Waals surface area contributed by atoms with Gasteiger partial charge in [-0.1, -0.05) is 19.1 Å². The van der Waals surface area contributed by atoms with E-state index in [9.17, 15) is 9.59 Å². The summed E-state index contributed by atoms with van der Waals surface area (Å²) in [6.45, 7) is 2.21. The fourth-order valence-corrected chi connectivity index (χ4v) is 2.98. The van der Waals surface area contributed by atoms with Crippen LogP contribution in [0.1, 0.15) is 19.2 Å². The van der Waals surface area contributed by atoms with E-state index in [1.165, 1.54) is 4.90 Å². The first-order chi connectivity index (χ1) is 11.1. The number of imidazole rings is 1. The van der Waals surface area contributed by atoms with E-state index in [4.69, 9.17) is 5.11 Å². The number of carboxylic acids is 1. The van der Waals surface area contributed by atoms with Crippen LogP contribution in [0.3, 0.4) is 0 Å². The zero-order valence-electron chi connectivity index (χ0n) is 13.4. The summed E-state index contributed by atoms with van der Waals surface area (Å²) in [5, 5.41) is 8.98. The number of para-hydroxylation sites is 2. The number of fused-ring (bicyclic) bond motifs is 1. The molecule has 0 spiro atoms. The third-order valence-corrected chi connectivity index (χ3v) is 4.02. The topological polar surface area (TPSA) is 75.4 Å². The van der Waals surface area contributed by atoms with Crippen molar-refractivity contribution in [1.82, 2.24) is 14.5 Å². The van der Waals surface area contributed by atoms with Crippen molar-refractivity contribution in [2.75, 3.05) is 19.3 Å². The molecule has 0 unspecified atom stereocenters. The average molecular weight is 335 g/mol. The van der Waals surface area contributed by atoms with Crippen LogP contribution < -0.4 is 0 Å². The molecule has 1 N–H and O–H groups in total. The highest BCUT2D eigenvalue weighted by molar-refractivity contribution is 7.97. The number of thioether (sulfide) groups is 1. The lowest BCUT2D eigenvalue weighted by Gasteiger charge is -2.21. The Morgan fingerprint density at radius 3 is 2.74 bits per heavy atom. The van der Waals surface area contributed by atoms with Gasteiger partial charge in [0.15, 0.2) is 0 Å². The maximum Gasteiger partial charge on any atom is 0.323 e. The maximum absolute atomic E-state index is 12.5. The molecular formula is C16H21N3O3S. The lowest BCUT2D eigenvalue weighted by atomic mass is 10.3. The van der Waals surface area contributed by atoms with Gasteiger partial charge in [-0.05, 0) is 24.8 Å². The zero-order valence-corrected chi connectivity index (χ0v) is 14.2. The number of carbonyl (C=O) groups excluding carboxylic acids is 1. The molecule has 23 heavy (non-hydrogen) atoms. The molecule has 2 rings (SSSR count). The minimum atomic E-state index is -0.994. The lowest BCUT2D eigenvalue weighted by Crippen LogP contribution is -2.38. The molecule has 0 aliphatic heterocycles. The Kier molecular flexibility index (Phi) is 6.04. The molecule has 0 aliphatic rings. The van der Waals surface area contributed by atoms with Gasteiger partial charge in [0.2, 0.25) is 5.91 Å². The number of nitrogens with zero attached hydrogens (tertiary/aromatic N) is 3. The standard InChI is InChI=1S/C16H21N3O3S/c1-3-8-18(10-16(21)22)15(20)9-19-13-7-5-4-6-12(13)17-14(19)11-23-2/h4-7H,3,8-11H2,1-2H3,(H,21,22). The van der Waals surface area contributed by atoms with Gasteiger partial charge >= 0.3 is 5.97 Å². The van der Waals surface area contributed by atoms with E-state index >= 15 is 0 Å². The highest BCUT2D eigenvalue weighted by Gasteiger charge is 2.19. The Labute approximate surface area is 139 Å². The molecule has 0 fully saturated rings. The van der Waals surface area contributed by atoms with Gasteiger partial charge in [0, 0.05) is 6.54 Å². The minimum absolute atomic E-state index is 0.115. The van der Waals surface area contributed by atoms with Crippen LogP contribution in [0, 0.1) is 0 Å². The van der Waals surface area contributed by atoms with Crippen LogP contribution in [0.2, 0.25) is 0 Å². The normalized spacial score (nSPS) is 10.9. The van der Waals surface area contributed by atoms with E-state index in [0.717, 1.165) is 23.3 Å². The SMILES string of the molecule is CCCN(CC(=O)O)C(=O)Cn1c(CSC)nc2ccccc21. The Bertz CT molecular complexity index is 699. The maximum atomic E-state index is 12.5. The molecule has 0 saturated carbocycles. The van der Waals surface area contributed by atoms with Gasteiger partial charge < -0.3 is 14.6 Å². The molecule has 124 valence electrons. The van der Waals surface area contributed by atoms with Crippen molar-refractivity contribution in [2.24, 2.45) is 0 Å². The Balaban J connectivity index is 2.29. The van der Waals surface area contributed by atoms with Crippen molar-refractivity contribution in [3.63, 3.8) is 0 Å². The van der Waals surface area contributed by atoms with Crippen LogP contribution in [0.5, 0.6) is 0 Å². The van der Waals surface area contributed by atoms with Crippen molar-refractivity contribution in [3.8, 4) is 0 Å². The fraction of sp³-hybridized carbons (Fsp3) is 0.438. The summed E-state index contributed by atoms with van der Waals surface area (Å²) in [5.74, 6) is 0.347. The van der Waals surface area contributed by atoms with E-state index in [0.29, 0.717) is 12.3 Å². The number of carbonyl (C=O) groups is 2. The lowest BCUT2D eigenvalue weighted by molar-refractivity contribution is -0.144. The molecule has 6 nitrogen and oxygen atoms in total. The van der Waals surface area contributed by atoms with E-state index in [-0.39, 0.29) is 19.0 Å². The molecule has 0 bridgehead atoms. The van der Waals surface area contributed by atoms with Crippen molar-refractivity contribution in [3.05, 3.63) is 30.1 Å². The van der Waals surface area contributed by atoms with Gasteiger partial charge in [0.1, 0.15) is 18.9 Å². The predicted octanol–water partition coefficient (Wildman–Crippen LogP) is 2.22. The highest BCUT2D eigenvalue weighted by atomic mass is 32.2. The largest absolute Gasteiger partial charge is 0.480 e. The third kappa shape index (κ3) is 4.25. The number of aromatic nitrogens is 2. The van der Waals surface area contributed by atoms with Crippen LogP contribution in [0.15, 0.2) is 24.3 Å². The molecule has 2 aromatic rings. The summed E-state index contributed by atoms with van der Waals surface area (Å²) in [6, 6.07) is 7.68. The number of benzene rings is 1. The van der Waals surface area contributed by atoms with Crippen LogP contribution in [0.25, 0.3) is 11.0 Å². The van der Waals surface area contributed by atoms with Crippen LogP contribution in [-0.2, 0) is 21.9 Å². The predicted molar refractivity (Wildman–Crippen MR) is 91.5 cm³/mol. The number of carboxylic acid groups (broad SMARTS) is 1. The molecule has 1 aromatic carbocycles. The summed E-state index contributed by atoms with van der Waals surface area (Å²) in [6.07, 6.45) is 2.71. The second-order valence-electron chi connectivity index (χ2n) is 5.24. The van der Waals surface area contributed by atoms with E-state index in [1.807, 2.05) is 42.0 Å². The molecule has 1 amide bonds. The Hall–Kier alpha value is -2.02. The molecule has 0 radical (unpaired) electrons. The number of rotatable bonds is 8. The van der Waals surface area contributed by atoms with E-state index in [1.54, 1.807) is 11.8 Å². The van der Waals surface area contributed by atoms with Gasteiger partial charge in [-0.3, -0.25) is 9.59 Å². The summed E-state index contributed by atoms with van der Waals surface area (Å²) in [4.78, 5) is 29.5. The number of hydrogen-bond donors (Lipinski definition) is 1. The molecule has 1 aromatic heterocycles. The van der Waals surface area contributed by atoms with Crippen molar-refractivity contribution >= 4 is 34.7 Å². The minimum Gasteiger partial charge on any atom is -0.480 e. The first-order valence-corrected chi connectivity index (χ1v) is 8.88. The fourth-order valence-electron chi connectivity index (χ4n) is 2.50. The second kappa shape index (κ2) is 8.01. The second-order valence-corrected chi connectivity index (χ2v) is 6.11. The van der Waals surface area contributed by atoms with Gasteiger partial charge in [-0.2, -0.15) is 11.8 Å². The number of hydrogen-bond acceptors (Lipinski definition) is 4. The summed E-state index contributed by atoms with van der Waals surface area (Å²) in [5.41, 5.74) is 1.75. The average Bonchev–Trinajstić information content (AvgIpc) is 2.85. The number of aliphatic carboxylic acids is 1. The van der Waals surface area contributed by atoms with Crippen LogP contribution in [-0.4, -0.2) is 50.8 Å². The van der Waals surface area contributed by atoms with Crippen LogP contribution >= 0.6 is 11.8 Å². The number of amides is 1. The Morgan fingerprint density at radius 1 is 1.35 bits per heavy atom. The van der Waals surface area contributed by atoms with Crippen molar-refractivity contribution < 1.29 is 14.7 Å². The molecule has 0 aliphatic carbocycles. The molecule has 0 saturated heterocycles. The third-order valence-electron chi connectivity index (χ3n) is 3.47. The monoisotopic (exact) mass is 335 g/mol. The molecule has 0 atom stereocenters. The molecule has 7 heteroatoms. The first-order valence-electron chi connectivity index (χ1n) is 7.49. The van der Waals surface area contributed by atoms with Gasteiger partial charge in [-0.25, -0.2) is 4.98 Å². The van der Waals surface area contributed by atoms with Gasteiger partial charge in [0.05, 0.1) is 16.8 Å². The van der Waals surface area contributed by atoms with Gasteiger partial charge in [0.25, 0.3) is 0 Å². The summed E-state index contributed by atoms with van der Waals surface area (Å²) < 4.78 is 1.89.